The molecule has 0 radical (unpaired) electrons. The lowest BCUT2D eigenvalue weighted by molar-refractivity contribution is -0.128. The average molecular weight is 917 g/mol. The second-order valence-electron chi connectivity index (χ2n) is 17.0. The molecule has 2 amide bonds. The van der Waals surface area contributed by atoms with Gasteiger partial charge in [0.2, 0.25) is 0 Å². The fourth-order valence-corrected chi connectivity index (χ4v) is 9.33. The van der Waals surface area contributed by atoms with Gasteiger partial charge in [-0.3, -0.25) is 14.5 Å². The van der Waals surface area contributed by atoms with Gasteiger partial charge in [0.15, 0.2) is 11.7 Å². The quantitative estimate of drug-likeness (QED) is 0.124. The summed E-state index contributed by atoms with van der Waals surface area (Å²) in [6, 6.07) is 21.5. The summed E-state index contributed by atoms with van der Waals surface area (Å²) >= 11 is 6.74. The third kappa shape index (κ3) is 8.75. The number of hydrogen-bond donors (Lipinski definition) is 3. The summed E-state index contributed by atoms with van der Waals surface area (Å²) in [7, 11) is 0. The summed E-state index contributed by atoms with van der Waals surface area (Å²) in [4.78, 5) is 45.8. The van der Waals surface area contributed by atoms with Crippen LogP contribution < -0.4 is 14.5 Å². The Morgan fingerprint density at radius 2 is 1.55 bits per heavy atom. The first-order valence-electron chi connectivity index (χ1n) is 22.0. The largest absolute Gasteiger partial charge is 0.508 e. The second-order valence-corrected chi connectivity index (χ2v) is 17.4. The predicted octanol–water partition coefficient (Wildman–Crippen LogP) is 6.30. The first-order valence-corrected chi connectivity index (χ1v) is 22.4. The van der Waals surface area contributed by atoms with Gasteiger partial charge in [0.05, 0.1) is 28.5 Å². The number of hydrogen-bond acceptors (Lipinski definition) is 13. The van der Waals surface area contributed by atoms with Gasteiger partial charge in [-0.15, -0.1) is 5.10 Å². The van der Waals surface area contributed by atoms with Gasteiger partial charge >= 0.3 is 12.0 Å². The lowest BCUT2D eigenvalue weighted by Gasteiger charge is -2.38. The monoisotopic (exact) mass is 916 g/mol. The molecule has 0 saturated carbocycles. The van der Waals surface area contributed by atoms with Crippen LogP contribution >= 0.6 is 11.6 Å². The van der Waals surface area contributed by atoms with Gasteiger partial charge in [0, 0.05) is 93.7 Å². The molecular formula is C48H50ClFN10O6. The molecule has 2 saturated heterocycles. The van der Waals surface area contributed by atoms with Gasteiger partial charge in [-0.25, -0.2) is 8.96 Å². The number of carbonyl (C=O) groups excluding carboxylic acids is 2. The Bertz CT molecular complexity index is 2820. The first-order chi connectivity index (χ1) is 31.8. The van der Waals surface area contributed by atoms with E-state index in [0.29, 0.717) is 100 Å². The van der Waals surface area contributed by atoms with Gasteiger partial charge in [-0.05, 0) is 65.8 Å². The molecule has 0 bridgehead atoms. The molecule has 2 aromatic heterocycles. The zero-order valence-electron chi connectivity index (χ0n) is 36.7. The zero-order valence-corrected chi connectivity index (χ0v) is 37.5. The molecule has 9 rings (SSSR count). The molecule has 66 heavy (non-hydrogen) atoms. The summed E-state index contributed by atoms with van der Waals surface area (Å²) in [5.74, 6) is -1.16. The second kappa shape index (κ2) is 18.5. The summed E-state index contributed by atoms with van der Waals surface area (Å²) in [5.41, 5.74) is 4.73. The number of aromatic nitrogens is 5. The molecule has 3 aliphatic heterocycles. The number of carbonyl (C=O) groups is 2. The highest BCUT2D eigenvalue weighted by Gasteiger charge is 2.31. The van der Waals surface area contributed by atoms with Crippen molar-refractivity contribution in [3.8, 4) is 40.6 Å². The average Bonchev–Trinajstić information content (AvgIpc) is 3.71. The Balaban J connectivity index is 0.850. The van der Waals surface area contributed by atoms with E-state index in [9.17, 15) is 29.3 Å². The van der Waals surface area contributed by atoms with E-state index in [1.54, 1.807) is 35.2 Å². The molecular weight excluding hydrogens is 867 g/mol. The molecule has 4 aromatic carbocycles. The van der Waals surface area contributed by atoms with Gasteiger partial charge in [0.25, 0.3) is 11.8 Å². The van der Waals surface area contributed by atoms with Crippen LogP contribution in [0.15, 0.2) is 85.2 Å². The standard InChI is InChI=1S/C48H50ClFN10O6/c1-29(2)35-26-36(41(62)27-40(35)61)44-53-54-48(65)60(44)33-12-10-32(11-13-33)46(64)58-18-16-55(17-19-58)24-25-66-47-51-38-28-59(39-9-5-7-31-6-4-8-37(49)42(31)39)15-14-34(38)43(52-47)56-20-22-57(23-21-56)45(63)30(3)50/h4-13,26-27,29,61-62H,3,14-25,28H2,1-2H3,(H,54,65). The van der Waals surface area contributed by atoms with Crippen molar-refractivity contribution in [2.45, 2.75) is 32.7 Å². The number of fused-ring (bicyclic) bond motifs is 2. The van der Waals surface area contributed by atoms with Crippen LogP contribution in [0.4, 0.5) is 15.9 Å². The van der Waals surface area contributed by atoms with E-state index in [1.807, 2.05) is 32.0 Å². The van der Waals surface area contributed by atoms with E-state index in [1.165, 1.54) is 15.5 Å². The molecule has 16 nitrogen and oxygen atoms in total. The lowest BCUT2D eigenvalue weighted by Crippen LogP contribution is -2.50. The third-order valence-electron chi connectivity index (χ3n) is 12.6. The third-order valence-corrected chi connectivity index (χ3v) is 12.9. The molecule has 0 atom stereocenters. The molecule has 3 aliphatic rings. The molecule has 18 heteroatoms. The van der Waals surface area contributed by atoms with Crippen LogP contribution in [-0.4, -0.2) is 139 Å². The number of amides is 2. The fourth-order valence-electron chi connectivity index (χ4n) is 9.05. The number of piperazine rings is 2. The van der Waals surface area contributed by atoms with Crippen LogP contribution in [0.25, 0.3) is 27.8 Å². The number of ether oxygens (including phenoxy) is 1. The maximum Gasteiger partial charge on any atom is 0.319 e. The summed E-state index contributed by atoms with van der Waals surface area (Å²) in [5, 5.41) is 42.4. The van der Waals surface area contributed by atoms with E-state index in [4.69, 9.17) is 26.3 Å². The normalized spacial score (nSPS) is 15.7. The lowest BCUT2D eigenvalue weighted by atomic mass is 9.98. The Labute approximate surface area is 385 Å². The highest BCUT2D eigenvalue weighted by Crippen LogP contribution is 2.40. The van der Waals surface area contributed by atoms with Crippen LogP contribution in [0.3, 0.4) is 0 Å². The van der Waals surface area contributed by atoms with Crippen LogP contribution in [0.5, 0.6) is 23.5 Å². The minimum absolute atomic E-state index is 0.0404. The Morgan fingerprint density at radius 1 is 0.833 bits per heavy atom. The molecule has 0 unspecified atom stereocenters. The highest BCUT2D eigenvalue weighted by atomic mass is 35.5. The van der Waals surface area contributed by atoms with E-state index in [0.717, 1.165) is 40.1 Å². The Morgan fingerprint density at radius 3 is 2.26 bits per heavy atom. The maximum absolute atomic E-state index is 13.7. The maximum atomic E-state index is 13.7. The zero-order chi connectivity index (χ0) is 46.2. The number of nitrogens with zero attached hydrogens (tertiary/aromatic N) is 10. The summed E-state index contributed by atoms with van der Waals surface area (Å²) in [6.07, 6.45) is 0.678. The van der Waals surface area contributed by atoms with Crippen molar-refractivity contribution in [2.24, 2.45) is 0 Å². The van der Waals surface area contributed by atoms with Crippen molar-refractivity contribution in [1.82, 2.24) is 39.4 Å². The van der Waals surface area contributed by atoms with Gasteiger partial charge in [-0.1, -0.05) is 61.4 Å². The minimum Gasteiger partial charge on any atom is -0.508 e. The molecule has 0 aliphatic carbocycles. The van der Waals surface area contributed by atoms with Crippen LogP contribution in [0.1, 0.15) is 46.9 Å². The van der Waals surface area contributed by atoms with Crippen molar-refractivity contribution in [3.63, 3.8) is 0 Å². The van der Waals surface area contributed by atoms with E-state index in [-0.39, 0.29) is 40.7 Å². The summed E-state index contributed by atoms with van der Waals surface area (Å²) in [6.45, 7) is 13.0. The molecule has 3 N–H and O–H groups in total. The van der Waals surface area contributed by atoms with Crippen LogP contribution in [0.2, 0.25) is 5.02 Å². The SMILES string of the molecule is C=C(F)C(=O)N1CCN(c2nc(OCCN3CCN(C(=O)c4ccc(-n5c(O)nnc5-c5cc(C(C)C)c(O)cc5O)cc4)CC3)nc3c2CCN(c2cccc4cccc(Cl)c24)C3)CC1. The van der Waals surface area contributed by atoms with E-state index >= 15 is 0 Å². The molecule has 0 spiro atoms. The van der Waals surface area contributed by atoms with Crippen molar-refractivity contribution < 1.29 is 34.0 Å². The van der Waals surface area contributed by atoms with Crippen molar-refractivity contribution in [3.05, 3.63) is 113 Å². The number of benzene rings is 4. The Kier molecular flexibility index (Phi) is 12.4. The van der Waals surface area contributed by atoms with Gasteiger partial charge in [0.1, 0.15) is 23.9 Å². The van der Waals surface area contributed by atoms with Crippen LogP contribution in [0, 0.1) is 0 Å². The van der Waals surface area contributed by atoms with Crippen LogP contribution in [-0.2, 0) is 17.8 Å². The summed E-state index contributed by atoms with van der Waals surface area (Å²) < 4.78 is 21.4. The highest BCUT2D eigenvalue weighted by molar-refractivity contribution is 6.36. The molecule has 342 valence electrons. The molecule has 2 fully saturated rings. The number of aromatic hydroxyl groups is 3. The van der Waals surface area contributed by atoms with Gasteiger partial charge < -0.3 is 39.7 Å². The fraction of sp³-hybridized carbons (Fsp3) is 0.333. The molecule has 6 aromatic rings. The van der Waals surface area contributed by atoms with Crippen molar-refractivity contribution >= 4 is 45.7 Å². The van der Waals surface area contributed by atoms with E-state index in [2.05, 4.69) is 49.7 Å². The smallest absolute Gasteiger partial charge is 0.319 e. The van der Waals surface area contributed by atoms with Crippen molar-refractivity contribution in [1.29, 1.82) is 0 Å². The first kappa shape index (κ1) is 44.2. The number of phenols is 2. The van der Waals surface area contributed by atoms with Crippen molar-refractivity contribution in [2.75, 3.05) is 81.9 Å². The number of rotatable bonds is 11. The topological polar surface area (TPSA) is 177 Å². The minimum atomic E-state index is -0.969. The number of halogens is 2. The number of phenolic OH excluding ortho intramolecular Hbond substituents is 2. The van der Waals surface area contributed by atoms with E-state index < -0.39 is 17.7 Å². The number of anilines is 2. The predicted molar refractivity (Wildman–Crippen MR) is 249 cm³/mol. The molecule has 5 heterocycles. The van der Waals surface area contributed by atoms with Gasteiger partial charge in [-0.2, -0.15) is 9.97 Å². The Hall–Kier alpha value is -6.98.